The Balaban J connectivity index is 3.10. The summed E-state index contributed by atoms with van der Waals surface area (Å²) in [5.41, 5.74) is 3.47. The van der Waals surface area contributed by atoms with E-state index < -0.39 is 0 Å². The second kappa shape index (κ2) is 8.72. The van der Waals surface area contributed by atoms with Crippen LogP contribution in [0.2, 0.25) is 0 Å². The van der Waals surface area contributed by atoms with Gasteiger partial charge < -0.3 is 5.73 Å². The van der Waals surface area contributed by atoms with Crippen molar-refractivity contribution in [2.24, 2.45) is 0 Å². The van der Waals surface area contributed by atoms with Crippen LogP contribution < -0.4 is 5.73 Å². The summed E-state index contributed by atoms with van der Waals surface area (Å²) in [5.74, 6) is -0.0644. The van der Waals surface area contributed by atoms with Crippen LogP contribution in [-0.2, 0) is 0 Å². The summed E-state index contributed by atoms with van der Waals surface area (Å²) in [5, 5.41) is 0. The largest absolute Gasteiger partial charge is 0.352 e. The summed E-state index contributed by atoms with van der Waals surface area (Å²) in [6.45, 7) is 2.50. The summed E-state index contributed by atoms with van der Waals surface area (Å²) in [6.07, 6.45) is 8.76. The quantitative estimate of drug-likeness (QED) is 0.574. The molecule has 0 fully saturated rings. The molecule has 0 aromatic heterocycles. The van der Waals surface area contributed by atoms with Crippen LogP contribution in [0, 0.1) is 0 Å². The van der Waals surface area contributed by atoms with Gasteiger partial charge in [-0.2, -0.15) is 0 Å². The van der Waals surface area contributed by atoms with Gasteiger partial charge >= 0.3 is 0 Å². The summed E-state index contributed by atoms with van der Waals surface area (Å²) in [4.78, 5) is 0. The number of quaternary nitrogens is 1. The molecule has 0 heterocycles. The monoisotopic (exact) mass is 174 g/mol. The highest BCUT2D eigenvalue weighted by Crippen LogP contribution is 2.06. The summed E-state index contributed by atoms with van der Waals surface area (Å²) < 4.78 is 12.5. The molecule has 3 N–H and O–H groups in total. The topological polar surface area (TPSA) is 27.6 Å². The van der Waals surface area contributed by atoms with E-state index >= 15 is 0 Å². The molecule has 0 aromatic carbocycles. The summed E-state index contributed by atoms with van der Waals surface area (Å²) in [7, 11) is 0. The Morgan fingerprint density at radius 1 is 1.25 bits per heavy atom. The number of hydrogen-bond donors (Lipinski definition) is 1. The van der Waals surface area contributed by atoms with E-state index in [4.69, 9.17) is 0 Å². The van der Waals surface area contributed by atoms with Gasteiger partial charge in [0.05, 0.1) is 0 Å². The van der Waals surface area contributed by atoms with Gasteiger partial charge in [0.2, 0.25) is 0 Å². The van der Waals surface area contributed by atoms with E-state index in [-0.39, 0.29) is 5.83 Å². The molecule has 0 atom stereocenters. The standard InChI is InChI=1S/C10H20FN/c1-2-3-4-5-6-7-8-10(11)9-12/h8H,2-7,9,12H2,1H3/p+1/b10-8-. The molecular weight excluding hydrogens is 153 g/mol. The summed E-state index contributed by atoms with van der Waals surface area (Å²) >= 11 is 0. The van der Waals surface area contributed by atoms with Crippen molar-refractivity contribution in [1.82, 2.24) is 0 Å². The zero-order valence-electron chi connectivity index (χ0n) is 8.11. The fourth-order valence-corrected chi connectivity index (χ4v) is 1.11. The third-order valence-corrected chi connectivity index (χ3v) is 1.91. The lowest BCUT2D eigenvalue weighted by atomic mass is 10.1. The molecule has 0 aliphatic carbocycles. The minimum atomic E-state index is -0.0644. The molecule has 0 aliphatic rings. The fourth-order valence-electron chi connectivity index (χ4n) is 1.11. The van der Waals surface area contributed by atoms with Gasteiger partial charge in [0.15, 0.2) is 0 Å². The van der Waals surface area contributed by atoms with Gasteiger partial charge in [-0.25, -0.2) is 4.39 Å². The van der Waals surface area contributed by atoms with Crippen LogP contribution in [-0.4, -0.2) is 6.54 Å². The van der Waals surface area contributed by atoms with Crippen LogP contribution in [0.3, 0.4) is 0 Å². The lowest BCUT2D eigenvalue weighted by Gasteiger charge is -1.96. The maximum Gasteiger partial charge on any atom is 0.150 e. The van der Waals surface area contributed by atoms with Crippen LogP contribution >= 0.6 is 0 Å². The SMILES string of the molecule is CCCCCCC/C=C(\F)C[NH3+]. The van der Waals surface area contributed by atoms with E-state index in [0.29, 0.717) is 6.54 Å². The van der Waals surface area contributed by atoms with Gasteiger partial charge in [-0.1, -0.05) is 32.6 Å². The number of allylic oxidation sites excluding steroid dienone is 1. The first-order valence-corrected chi connectivity index (χ1v) is 4.95. The molecule has 2 heteroatoms. The molecule has 0 amide bonds. The van der Waals surface area contributed by atoms with Gasteiger partial charge in [-0.05, 0) is 18.9 Å². The van der Waals surface area contributed by atoms with E-state index in [9.17, 15) is 4.39 Å². The second-order valence-electron chi connectivity index (χ2n) is 3.10. The molecule has 1 nitrogen and oxygen atoms in total. The van der Waals surface area contributed by atoms with Crippen molar-refractivity contribution >= 4 is 0 Å². The van der Waals surface area contributed by atoms with E-state index in [2.05, 4.69) is 12.7 Å². The van der Waals surface area contributed by atoms with Crippen LogP contribution in [0.5, 0.6) is 0 Å². The zero-order chi connectivity index (χ0) is 9.23. The van der Waals surface area contributed by atoms with Crippen molar-refractivity contribution in [2.45, 2.75) is 45.4 Å². The fraction of sp³-hybridized carbons (Fsp3) is 0.800. The lowest BCUT2D eigenvalue weighted by Crippen LogP contribution is -2.50. The predicted octanol–water partition coefficient (Wildman–Crippen LogP) is 2.44. The van der Waals surface area contributed by atoms with Crippen molar-refractivity contribution in [3.8, 4) is 0 Å². The number of hydrogen-bond acceptors (Lipinski definition) is 0. The molecular formula is C10H21FN+. The zero-order valence-corrected chi connectivity index (χ0v) is 8.11. The smallest absolute Gasteiger partial charge is 0.150 e. The first kappa shape index (κ1) is 11.6. The molecule has 0 saturated carbocycles. The maximum absolute atomic E-state index is 12.5. The predicted molar refractivity (Wildman–Crippen MR) is 50.3 cm³/mol. The van der Waals surface area contributed by atoms with E-state index in [1.54, 1.807) is 6.08 Å². The molecule has 0 unspecified atom stereocenters. The number of unbranched alkanes of at least 4 members (excludes halogenated alkanes) is 5. The molecule has 0 aliphatic heterocycles. The Kier molecular flexibility index (Phi) is 8.46. The van der Waals surface area contributed by atoms with Crippen molar-refractivity contribution in [2.75, 3.05) is 6.54 Å². The second-order valence-corrected chi connectivity index (χ2v) is 3.10. The Bertz CT molecular complexity index is 121. The Morgan fingerprint density at radius 3 is 2.50 bits per heavy atom. The Morgan fingerprint density at radius 2 is 1.92 bits per heavy atom. The normalized spacial score (nSPS) is 12.1. The summed E-state index contributed by atoms with van der Waals surface area (Å²) in [6, 6.07) is 0. The van der Waals surface area contributed by atoms with Crippen LogP contribution in [0.25, 0.3) is 0 Å². The van der Waals surface area contributed by atoms with E-state index in [1.165, 1.54) is 25.7 Å². The molecule has 0 rings (SSSR count). The maximum atomic E-state index is 12.5. The molecule has 0 aromatic rings. The van der Waals surface area contributed by atoms with Gasteiger partial charge in [-0.15, -0.1) is 0 Å². The Hall–Kier alpha value is -0.370. The van der Waals surface area contributed by atoms with Crippen molar-refractivity contribution < 1.29 is 10.1 Å². The van der Waals surface area contributed by atoms with Crippen molar-refractivity contribution in [3.05, 3.63) is 11.9 Å². The van der Waals surface area contributed by atoms with Crippen LogP contribution in [0.4, 0.5) is 4.39 Å². The van der Waals surface area contributed by atoms with Crippen molar-refractivity contribution in [1.29, 1.82) is 0 Å². The third-order valence-electron chi connectivity index (χ3n) is 1.91. The Labute approximate surface area is 74.8 Å². The highest BCUT2D eigenvalue weighted by Gasteiger charge is 1.91. The average Bonchev–Trinajstić information content (AvgIpc) is 2.10. The molecule has 0 radical (unpaired) electrons. The van der Waals surface area contributed by atoms with Gasteiger partial charge in [0.25, 0.3) is 0 Å². The van der Waals surface area contributed by atoms with Gasteiger partial charge in [-0.3, -0.25) is 0 Å². The van der Waals surface area contributed by atoms with Gasteiger partial charge in [0.1, 0.15) is 12.4 Å². The van der Waals surface area contributed by atoms with Crippen LogP contribution in [0.1, 0.15) is 45.4 Å². The first-order valence-electron chi connectivity index (χ1n) is 4.95. The minimum Gasteiger partial charge on any atom is -0.352 e. The highest BCUT2D eigenvalue weighted by molar-refractivity contribution is 4.89. The number of rotatable bonds is 7. The van der Waals surface area contributed by atoms with Crippen LogP contribution in [0.15, 0.2) is 11.9 Å². The molecule has 0 bridgehead atoms. The van der Waals surface area contributed by atoms with Crippen molar-refractivity contribution in [3.63, 3.8) is 0 Å². The highest BCUT2D eigenvalue weighted by atomic mass is 19.1. The van der Waals surface area contributed by atoms with E-state index in [1.807, 2.05) is 0 Å². The molecule has 0 spiro atoms. The van der Waals surface area contributed by atoms with E-state index in [0.717, 1.165) is 12.8 Å². The first-order chi connectivity index (χ1) is 5.81. The average molecular weight is 174 g/mol. The lowest BCUT2D eigenvalue weighted by molar-refractivity contribution is -0.359. The van der Waals surface area contributed by atoms with Gasteiger partial charge in [0, 0.05) is 0 Å². The molecule has 12 heavy (non-hydrogen) atoms. The minimum absolute atomic E-state index is 0.0644. The molecule has 0 saturated heterocycles. The third kappa shape index (κ3) is 7.73. The molecule has 72 valence electrons. The number of halogens is 1.